The lowest BCUT2D eigenvalue weighted by Gasteiger charge is -2.37. The molecule has 1 aliphatic carbocycles. The maximum atomic E-state index is 12.7. The lowest BCUT2D eigenvalue weighted by atomic mass is 9.78. The summed E-state index contributed by atoms with van der Waals surface area (Å²) >= 11 is 0. The Morgan fingerprint density at radius 2 is 1.96 bits per heavy atom. The molecule has 2 fully saturated rings. The van der Waals surface area contributed by atoms with Crippen molar-refractivity contribution in [1.29, 1.82) is 0 Å². The molecule has 1 heterocycles. The molecule has 1 atom stereocenters. The van der Waals surface area contributed by atoms with Gasteiger partial charge in [-0.3, -0.25) is 14.5 Å². The van der Waals surface area contributed by atoms with E-state index in [1.807, 2.05) is 12.1 Å². The molecule has 0 spiro atoms. The van der Waals surface area contributed by atoms with Crippen LogP contribution in [0.25, 0.3) is 0 Å². The fourth-order valence-electron chi connectivity index (χ4n) is 4.64. The molecular weight excluding hydrogens is 354 g/mol. The van der Waals surface area contributed by atoms with Gasteiger partial charge in [0.15, 0.2) is 0 Å². The second kappa shape index (κ2) is 8.95. The van der Waals surface area contributed by atoms with E-state index < -0.39 is 0 Å². The minimum Gasteiger partial charge on any atom is -0.497 e. The molecule has 1 saturated heterocycles. The van der Waals surface area contributed by atoms with E-state index in [1.54, 1.807) is 7.11 Å². The average molecular weight is 388 g/mol. The van der Waals surface area contributed by atoms with Crippen molar-refractivity contribution >= 4 is 11.8 Å². The number of hydrogen-bond acceptors (Lipinski definition) is 4. The third-order valence-corrected chi connectivity index (χ3v) is 6.30. The van der Waals surface area contributed by atoms with Gasteiger partial charge in [0.1, 0.15) is 5.75 Å². The highest BCUT2D eigenvalue weighted by molar-refractivity contribution is 5.88. The normalized spacial score (nSPS) is 22.1. The maximum Gasteiger partial charge on any atom is 0.237 e. The highest BCUT2D eigenvalue weighted by Crippen LogP contribution is 2.41. The second-order valence-corrected chi connectivity index (χ2v) is 8.34. The smallest absolute Gasteiger partial charge is 0.237 e. The van der Waals surface area contributed by atoms with Gasteiger partial charge in [0.2, 0.25) is 11.8 Å². The van der Waals surface area contributed by atoms with Gasteiger partial charge in [-0.25, -0.2) is 0 Å². The molecule has 1 saturated carbocycles. The summed E-state index contributed by atoms with van der Waals surface area (Å²) in [4.78, 5) is 27.1. The Bertz CT molecular complexity index is 681. The standard InChI is InChI=1S/C22H33N3O3/c1-16(2)25-13-12-23-21(27)19(25)14-20(26)24-15-22(10-4-5-11-22)17-6-8-18(28-3)9-7-17/h6-9,16,19H,4-5,10-15H2,1-3H3,(H,23,27)(H,24,26)/t19-/m0/s1. The molecule has 1 aromatic rings. The monoisotopic (exact) mass is 387 g/mol. The first kappa shape index (κ1) is 20.6. The van der Waals surface area contributed by atoms with E-state index in [0.29, 0.717) is 13.1 Å². The van der Waals surface area contributed by atoms with E-state index in [0.717, 1.165) is 25.1 Å². The average Bonchev–Trinajstić information content (AvgIpc) is 3.18. The molecule has 0 aromatic heterocycles. The van der Waals surface area contributed by atoms with Crippen LogP contribution in [-0.4, -0.2) is 55.5 Å². The Kier molecular flexibility index (Phi) is 6.60. The van der Waals surface area contributed by atoms with Gasteiger partial charge in [-0.15, -0.1) is 0 Å². The van der Waals surface area contributed by atoms with Crippen LogP contribution in [0, 0.1) is 0 Å². The summed E-state index contributed by atoms with van der Waals surface area (Å²) in [5, 5.41) is 6.03. The van der Waals surface area contributed by atoms with Crippen LogP contribution < -0.4 is 15.4 Å². The number of rotatable bonds is 7. The van der Waals surface area contributed by atoms with Gasteiger partial charge in [-0.05, 0) is 44.4 Å². The number of amides is 2. The van der Waals surface area contributed by atoms with Gasteiger partial charge in [-0.1, -0.05) is 25.0 Å². The zero-order valence-electron chi connectivity index (χ0n) is 17.3. The lowest BCUT2D eigenvalue weighted by Crippen LogP contribution is -2.58. The van der Waals surface area contributed by atoms with E-state index in [9.17, 15) is 9.59 Å². The number of benzene rings is 1. The minimum atomic E-state index is -0.380. The summed E-state index contributed by atoms with van der Waals surface area (Å²) in [6, 6.07) is 8.07. The van der Waals surface area contributed by atoms with E-state index in [4.69, 9.17) is 4.74 Å². The molecule has 1 aromatic carbocycles. The van der Waals surface area contributed by atoms with Gasteiger partial charge in [0.05, 0.1) is 19.6 Å². The summed E-state index contributed by atoms with van der Waals surface area (Å²) in [6.07, 6.45) is 4.70. The van der Waals surface area contributed by atoms with Gasteiger partial charge in [0.25, 0.3) is 0 Å². The highest BCUT2D eigenvalue weighted by atomic mass is 16.5. The second-order valence-electron chi connectivity index (χ2n) is 8.34. The number of nitrogens with zero attached hydrogens (tertiary/aromatic N) is 1. The molecule has 2 aliphatic rings. The molecule has 6 heteroatoms. The Morgan fingerprint density at radius 1 is 1.29 bits per heavy atom. The van der Waals surface area contributed by atoms with Crippen LogP contribution in [0.4, 0.5) is 0 Å². The van der Waals surface area contributed by atoms with Gasteiger partial charge in [0, 0.05) is 31.1 Å². The van der Waals surface area contributed by atoms with E-state index >= 15 is 0 Å². The van der Waals surface area contributed by atoms with Crippen molar-refractivity contribution in [1.82, 2.24) is 15.5 Å². The predicted octanol–water partition coefficient (Wildman–Crippen LogP) is 2.22. The predicted molar refractivity (Wildman–Crippen MR) is 109 cm³/mol. The molecule has 0 radical (unpaired) electrons. The van der Waals surface area contributed by atoms with Crippen molar-refractivity contribution in [2.75, 3.05) is 26.7 Å². The summed E-state index contributed by atoms with van der Waals surface area (Å²) < 4.78 is 5.27. The van der Waals surface area contributed by atoms with Crippen LogP contribution in [0.15, 0.2) is 24.3 Å². The first-order valence-electron chi connectivity index (χ1n) is 10.4. The molecule has 0 bridgehead atoms. The molecule has 0 unspecified atom stereocenters. The Hall–Kier alpha value is -2.08. The first-order valence-corrected chi connectivity index (χ1v) is 10.4. The molecule has 2 amide bonds. The molecule has 1 aliphatic heterocycles. The SMILES string of the molecule is COc1ccc(C2(CNC(=O)C[C@H]3C(=O)NCCN3C(C)C)CCCC2)cc1. The molecule has 28 heavy (non-hydrogen) atoms. The van der Waals surface area contributed by atoms with Crippen molar-refractivity contribution < 1.29 is 14.3 Å². The summed E-state index contributed by atoms with van der Waals surface area (Å²) in [5.74, 6) is 0.756. The molecular formula is C22H33N3O3. The van der Waals surface area contributed by atoms with Crippen LogP contribution in [-0.2, 0) is 15.0 Å². The van der Waals surface area contributed by atoms with E-state index in [2.05, 4.69) is 41.5 Å². The van der Waals surface area contributed by atoms with Crippen molar-refractivity contribution in [2.45, 2.75) is 63.5 Å². The number of carbonyl (C=O) groups is 2. The Balaban J connectivity index is 1.64. The van der Waals surface area contributed by atoms with Crippen LogP contribution in [0.5, 0.6) is 5.75 Å². The zero-order chi connectivity index (χ0) is 20.1. The van der Waals surface area contributed by atoms with Crippen LogP contribution in [0.3, 0.4) is 0 Å². The number of nitrogens with one attached hydrogen (secondary N) is 2. The Morgan fingerprint density at radius 3 is 2.57 bits per heavy atom. The summed E-state index contributed by atoms with van der Waals surface area (Å²) in [6.45, 7) is 6.20. The number of piperazine rings is 1. The lowest BCUT2D eigenvalue weighted by molar-refractivity contribution is -0.134. The maximum absolute atomic E-state index is 12.7. The molecule has 6 nitrogen and oxygen atoms in total. The summed E-state index contributed by atoms with van der Waals surface area (Å²) in [7, 11) is 1.67. The molecule has 2 N–H and O–H groups in total. The number of ether oxygens (including phenoxy) is 1. The third-order valence-electron chi connectivity index (χ3n) is 6.30. The topological polar surface area (TPSA) is 70.7 Å². The zero-order valence-corrected chi connectivity index (χ0v) is 17.3. The largest absolute Gasteiger partial charge is 0.497 e. The van der Waals surface area contributed by atoms with Crippen LogP contribution >= 0.6 is 0 Å². The van der Waals surface area contributed by atoms with Gasteiger partial charge < -0.3 is 15.4 Å². The van der Waals surface area contributed by atoms with Crippen molar-refractivity contribution in [3.05, 3.63) is 29.8 Å². The first-order chi connectivity index (χ1) is 13.4. The highest BCUT2D eigenvalue weighted by Gasteiger charge is 2.37. The van der Waals surface area contributed by atoms with Gasteiger partial charge in [-0.2, -0.15) is 0 Å². The summed E-state index contributed by atoms with van der Waals surface area (Å²) in [5.41, 5.74) is 1.24. The number of carbonyl (C=O) groups excluding carboxylic acids is 2. The number of hydrogen-bond donors (Lipinski definition) is 2. The van der Waals surface area contributed by atoms with Crippen molar-refractivity contribution in [3.8, 4) is 5.75 Å². The van der Waals surface area contributed by atoms with Gasteiger partial charge >= 0.3 is 0 Å². The Labute approximate surface area is 168 Å². The van der Waals surface area contributed by atoms with Crippen LogP contribution in [0.2, 0.25) is 0 Å². The molecule has 3 rings (SSSR count). The van der Waals surface area contributed by atoms with E-state index in [-0.39, 0.29) is 35.7 Å². The quantitative estimate of drug-likeness (QED) is 0.753. The van der Waals surface area contributed by atoms with Crippen LogP contribution in [0.1, 0.15) is 51.5 Å². The fraction of sp³-hybridized carbons (Fsp3) is 0.636. The van der Waals surface area contributed by atoms with Crippen molar-refractivity contribution in [2.24, 2.45) is 0 Å². The fourth-order valence-corrected chi connectivity index (χ4v) is 4.64. The van der Waals surface area contributed by atoms with E-state index in [1.165, 1.54) is 18.4 Å². The minimum absolute atomic E-state index is 0.0194. The number of methoxy groups -OCH3 is 1. The van der Waals surface area contributed by atoms with Crippen molar-refractivity contribution in [3.63, 3.8) is 0 Å². The third kappa shape index (κ3) is 4.49. The molecule has 154 valence electrons.